The third-order valence-corrected chi connectivity index (χ3v) is 3.52. The summed E-state index contributed by atoms with van der Waals surface area (Å²) in [5, 5.41) is 9.19. The van der Waals surface area contributed by atoms with Crippen molar-refractivity contribution < 1.29 is 27.2 Å². The average Bonchev–Trinajstić information content (AvgIpc) is 2.48. The van der Waals surface area contributed by atoms with Crippen molar-refractivity contribution in [2.24, 2.45) is 0 Å². The van der Waals surface area contributed by atoms with Crippen LogP contribution in [0.4, 0.5) is 0 Å². The Labute approximate surface area is 134 Å². The van der Waals surface area contributed by atoms with Crippen molar-refractivity contribution in [3.05, 3.63) is 54.1 Å². The predicted octanol–water partition coefficient (Wildman–Crippen LogP) is 3.01. The molecule has 0 radical (unpaired) electrons. The van der Waals surface area contributed by atoms with Gasteiger partial charge in [0.15, 0.2) is 11.5 Å². The summed E-state index contributed by atoms with van der Waals surface area (Å²) in [5.41, 5.74) is 0.219. The third kappa shape index (κ3) is 4.46. The number of benzene rings is 2. The number of hydrogen-bond acceptors (Lipinski definition) is 5. The number of rotatable bonds is 6. The summed E-state index contributed by atoms with van der Waals surface area (Å²) in [5.74, 6) is -1.56. The number of carboxylic acids is 1. The van der Waals surface area contributed by atoms with Gasteiger partial charge in [-0.1, -0.05) is 30.3 Å². The lowest BCUT2D eigenvalue weighted by atomic mass is 10.00. The van der Waals surface area contributed by atoms with Crippen LogP contribution in [0.2, 0.25) is 0 Å². The molecule has 1 unspecified atom stereocenters. The molecular formula is C16H16O6S. The minimum Gasteiger partial charge on any atom is -0.481 e. The molecule has 0 fully saturated rings. The first kappa shape index (κ1) is 16.8. The highest BCUT2D eigenvalue weighted by Crippen LogP contribution is 2.39. The van der Waals surface area contributed by atoms with Gasteiger partial charge in [-0.2, -0.15) is 8.42 Å². The molecule has 2 rings (SSSR count). The molecule has 0 spiro atoms. The molecule has 122 valence electrons. The minimum absolute atomic E-state index is 0.117. The van der Waals surface area contributed by atoms with E-state index < -0.39 is 22.0 Å². The van der Waals surface area contributed by atoms with Gasteiger partial charge in [0.1, 0.15) is 5.75 Å². The Kier molecular flexibility index (Phi) is 4.90. The largest absolute Gasteiger partial charge is 0.481 e. The van der Waals surface area contributed by atoms with E-state index in [0.29, 0.717) is 5.75 Å². The van der Waals surface area contributed by atoms with Gasteiger partial charge in [0.2, 0.25) is 0 Å². The van der Waals surface area contributed by atoms with E-state index in [1.165, 1.54) is 19.1 Å². The lowest BCUT2D eigenvalue weighted by molar-refractivity contribution is -0.138. The summed E-state index contributed by atoms with van der Waals surface area (Å²) in [6.45, 7) is 1.44. The molecule has 0 aliphatic rings. The van der Waals surface area contributed by atoms with E-state index in [1.54, 1.807) is 30.3 Å². The second-order valence-corrected chi connectivity index (χ2v) is 6.51. The van der Waals surface area contributed by atoms with E-state index in [-0.39, 0.29) is 17.1 Å². The summed E-state index contributed by atoms with van der Waals surface area (Å²) < 4.78 is 33.7. The monoisotopic (exact) mass is 336 g/mol. The third-order valence-electron chi connectivity index (χ3n) is 3.05. The minimum atomic E-state index is -3.85. The number of aliphatic carboxylic acids is 1. The van der Waals surface area contributed by atoms with Gasteiger partial charge < -0.3 is 14.0 Å². The lowest BCUT2D eigenvalue weighted by Gasteiger charge is -2.17. The number of para-hydroxylation sites is 2. The van der Waals surface area contributed by atoms with Crippen molar-refractivity contribution in [3.8, 4) is 17.2 Å². The summed E-state index contributed by atoms with van der Waals surface area (Å²) in [4.78, 5) is 11.2. The van der Waals surface area contributed by atoms with Crippen molar-refractivity contribution in [1.82, 2.24) is 0 Å². The number of carbonyl (C=O) groups is 1. The van der Waals surface area contributed by atoms with E-state index >= 15 is 0 Å². The molecule has 7 heteroatoms. The van der Waals surface area contributed by atoms with Gasteiger partial charge in [0.05, 0.1) is 12.2 Å². The van der Waals surface area contributed by atoms with E-state index in [1.807, 2.05) is 6.07 Å². The Morgan fingerprint density at radius 1 is 1.09 bits per heavy atom. The van der Waals surface area contributed by atoms with Crippen LogP contribution in [0, 0.1) is 0 Å². The lowest BCUT2D eigenvalue weighted by Crippen LogP contribution is -2.13. The van der Waals surface area contributed by atoms with Crippen LogP contribution in [0.25, 0.3) is 0 Å². The smallest absolute Gasteiger partial charge is 0.310 e. The molecule has 0 heterocycles. The van der Waals surface area contributed by atoms with Crippen molar-refractivity contribution >= 4 is 16.1 Å². The fraction of sp³-hybridized carbons (Fsp3) is 0.188. The van der Waals surface area contributed by atoms with Crippen LogP contribution < -0.4 is 8.92 Å². The van der Waals surface area contributed by atoms with E-state index in [0.717, 1.165) is 6.26 Å². The zero-order valence-corrected chi connectivity index (χ0v) is 13.4. The summed E-state index contributed by atoms with van der Waals surface area (Å²) in [6, 6.07) is 13.3. The molecule has 0 aliphatic carbocycles. The molecule has 0 amide bonds. The van der Waals surface area contributed by atoms with Gasteiger partial charge in [0.25, 0.3) is 0 Å². The van der Waals surface area contributed by atoms with Crippen LogP contribution in [0.3, 0.4) is 0 Å². The van der Waals surface area contributed by atoms with Crippen LogP contribution in [0.5, 0.6) is 17.2 Å². The van der Waals surface area contributed by atoms with Crippen molar-refractivity contribution in [3.63, 3.8) is 0 Å². The highest BCUT2D eigenvalue weighted by Gasteiger charge is 2.24. The van der Waals surface area contributed by atoms with E-state index in [4.69, 9.17) is 8.92 Å². The molecule has 2 aromatic carbocycles. The van der Waals surface area contributed by atoms with Gasteiger partial charge in [0, 0.05) is 5.56 Å². The van der Waals surface area contributed by atoms with Crippen LogP contribution in [0.15, 0.2) is 48.5 Å². The standard InChI is InChI=1S/C16H16O6S/c1-11(16(17)18)13-9-6-10-14(15(13)22-23(2,19)20)21-12-7-4-3-5-8-12/h3-11H,1-2H3,(H,17,18). The van der Waals surface area contributed by atoms with Crippen LogP contribution >= 0.6 is 0 Å². The van der Waals surface area contributed by atoms with Crippen LogP contribution in [-0.2, 0) is 14.9 Å². The summed E-state index contributed by atoms with van der Waals surface area (Å²) in [6.07, 6.45) is 0.890. The predicted molar refractivity (Wildman–Crippen MR) is 84.5 cm³/mol. The first-order chi connectivity index (χ1) is 10.8. The number of ether oxygens (including phenoxy) is 1. The molecule has 1 atom stereocenters. The topological polar surface area (TPSA) is 89.9 Å². The molecule has 1 N–H and O–H groups in total. The van der Waals surface area contributed by atoms with Gasteiger partial charge >= 0.3 is 16.1 Å². The molecule has 23 heavy (non-hydrogen) atoms. The Balaban J connectivity index is 2.52. The van der Waals surface area contributed by atoms with Gasteiger partial charge in [-0.05, 0) is 25.1 Å². The fourth-order valence-electron chi connectivity index (χ4n) is 1.94. The van der Waals surface area contributed by atoms with Crippen LogP contribution in [-0.4, -0.2) is 25.7 Å². The molecule has 0 bridgehead atoms. The normalized spacial score (nSPS) is 12.4. The van der Waals surface area contributed by atoms with Gasteiger partial charge in [-0.3, -0.25) is 4.79 Å². The molecule has 0 saturated heterocycles. The molecule has 0 aliphatic heterocycles. The van der Waals surface area contributed by atoms with Gasteiger partial charge in [-0.25, -0.2) is 0 Å². The van der Waals surface area contributed by atoms with E-state index in [9.17, 15) is 18.3 Å². The zero-order valence-electron chi connectivity index (χ0n) is 12.6. The van der Waals surface area contributed by atoms with Crippen LogP contribution in [0.1, 0.15) is 18.4 Å². The van der Waals surface area contributed by atoms with Crippen molar-refractivity contribution in [2.75, 3.05) is 6.26 Å². The second-order valence-electron chi connectivity index (χ2n) is 4.94. The Morgan fingerprint density at radius 3 is 2.30 bits per heavy atom. The van der Waals surface area contributed by atoms with E-state index in [2.05, 4.69) is 0 Å². The van der Waals surface area contributed by atoms with Crippen molar-refractivity contribution in [1.29, 1.82) is 0 Å². The molecule has 2 aromatic rings. The molecular weight excluding hydrogens is 320 g/mol. The number of hydrogen-bond donors (Lipinski definition) is 1. The first-order valence-electron chi connectivity index (χ1n) is 6.76. The van der Waals surface area contributed by atoms with Crippen molar-refractivity contribution in [2.45, 2.75) is 12.8 Å². The Bertz CT molecular complexity index is 799. The SMILES string of the molecule is CC(C(=O)O)c1cccc(Oc2ccccc2)c1OS(C)(=O)=O. The molecule has 0 saturated carbocycles. The zero-order chi connectivity index (χ0) is 17.0. The summed E-state index contributed by atoms with van der Waals surface area (Å²) >= 11 is 0. The maximum absolute atomic E-state index is 11.5. The highest BCUT2D eigenvalue weighted by atomic mass is 32.2. The fourth-order valence-corrected chi connectivity index (χ4v) is 2.42. The maximum atomic E-state index is 11.5. The molecule has 6 nitrogen and oxygen atoms in total. The second kappa shape index (κ2) is 6.70. The summed E-state index contributed by atoms with van der Waals surface area (Å²) in [7, 11) is -3.85. The van der Waals surface area contributed by atoms with Gasteiger partial charge in [-0.15, -0.1) is 0 Å². The highest BCUT2D eigenvalue weighted by molar-refractivity contribution is 7.86. The average molecular weight is 336 g/mol. The molecule has 0 aromatic heterocycles. The first-order valence-corrected chi connectivity index (χ1v) is 8.57. The Hall–Kier alpha value is -2.54. The Morgan fingerprint density at radius 2 is 1.74 bits per heavy atom. The maximum Gasteiger partial charge on any atom is 0.310 e. The number of carboxylic acid groups (broad SMARTS) is 1. The quantitative estimate of drug-likeness (QED) is 0.816.